The number of aliphatic hydroxyl groups is 2. The lowest BCUT2D eigenvalue weighted by Crippen LogP contribution is -2.46. The van der Waals surface area contributed by atoms with Crippen molar-refractivity contribution in [2.45, 2.75) is 123 Å². The summed E-state index contributed by atoms with van der Waals surface area (Å²) in [6, 6.07) is 0. The van der Waals surface area contributed by atoms with Gasteiger partial charge >= 0.3 is 5.97 Å². The van der Waals surface area contributed by atoms with E-state index in [1.807, 2.05) is 0 Å². The molecule has 8 heteroatoms. The number of rotatable bonds is 24. The van der Waals surface area contributed by atoms with E-state index >= 15 is 0 Å². The molecule has 8 nitrogen and oxygen atoms in total. The third-order valence-electron chi connectivity index (χ3n) is 6.38. The minimum atomic E-state index is -1.37. The summed E-state index contributed by atoms with van der Waals surface area (Å²) in [5, 5.41) is 24.3. The zero-order valence-electron chi connectivity index (χ0n) is 23.7. The van der Waals surface area contributed by atoms with E-state index in [1.165, 1.54) is 57.8 Å². The first-order valence-electron chi connectivity index (χ1n) is 14.4. The molecule has 0 saturated carbocycles. The summed E-state index contributed by atoms with van der Waals surface area (Å²) in [4.78, 5) is 35.5. The molecule has 0 aromatic carbocycles. The van der Waals surface area contributed by atoms with E-state index in [9.17, 15) is 24.6 Å². The quantitative estimate of drug-likeness (QED) is 0.0830. The minimum absolute atomic E-state index is 0.0259. The van der Waals surface area contributed by atoms with Crippen molar-refractivity contribution < 1.29 is 29.3 Å². The number of ether oxygens (including phenoxy) is 1. The first kappa shape index (κ1) is 35.1. The Morgan fingerprint density at radius 2 is 1.38 bits per heavy atom. The normalized spacial score (nSPS) is 12.5. The van der Waals surface area contributed by atoms with E-state index in [1.54, 1.807) is 13.8 Å². The molecule has 0 radical (unpaired) electrons. The van der Waals surface area contributed by atoms with Crippen molar-refractivity contribution in [2.75, 3.05) is 26.3 Å². The molecule has 0 aromatic heterocycles. The van der Waals surface area contributed by atoms with Crippen LogP contribution in [0.5, 0.6) is 0 Å². The molecule has 2 amide bonds. The van der Waals surface area contributed by atoms with Crippen LogP contribution in [-0.4, -0.2) is 60.4 Å². The molecular weight excluding hydrogens is 472 g/mol. The maximum absolute atomic E-state index is 11.9. The highest BCUT2D eigenvalue weighted by Crippen LogP contribution is 2.19. The zero-order valence-corrected chi connectivity index (χ0v) is 23.7. The Labute approximate surface area is 225 Å². The molecule has 0 rings (SSSR count). The van der Waals surface area contributed by atoms with Crippen molar-refractivity contribution in [3.63, 3.8) is 0 Å². The number of amides is 2. The fourth-order valence-electron chi connectivity index (χ4n) is 3.70. The van der Waals surface area contributed by atoms with Crippen LogP contribution in [0.3, 0.4) is 0 Å². The second-order valence-electron chi connectivity index (χ2n) is 10.5. The van der Waals surface area contributed by atoms with Crippen molar-refractivity contribution in [1.29, 1.82) is 0 Å². The van der Waals surface area contributed by atoms with E-state index in [4.69, 9.17) is 4.74 Å². The van der Waals surface area contributed by atoms with Gasteiger partial charge in [0.2, 0.25) is 11.8 Å². The predicted molar refractivity (Wildman–Crippen MR) is 148 cm³/mol. The number of aliphatic hydroxyl groups excluding tert-OH is 2. The SMILES string of the molecule is CCCCCCCC/C=C\CCCCCCCC(=O)NCCOC(=O)CCNC(=O)C(O)C(C)(C)CO. The average Bonchev–Trinajstić information content (AvgIpc) is 2.88. The Bertz CT molecular complexity index is 636. The lowest BCUT2D eigenvalue weighted by atomic mass is 9.87. The van der Waals surface area contributed by atoms with Crippen molar-refractivity contribution in [3.05, 3.63) is 12.2 Å². The van der Waals surface area contributed by atoms with Crippen LogP contribution in [0.2, 0.25) is 0 Å². The second-order valence-corrected chi connectivity index (χ2v) is 10.5. The first-order valence-corrected chi connectivity index (χ1v) is 14.4. The maximum atomic E-state index is 11.9. The van der Waals surface area contributed by atoms with Gasteiger partial charge in [-0.1, -0.05) is 84.3 Å². The van der Waals surface area contributed by atoms with Gasteiger partial charge in [-0.25, -0.2) is 0 Å². The first-order chi connectivity index (χ1) is 17.7. The zero-order chi connectivity index (χ0) is 27.8. The third kappa shape index (κ3) is 20.8. The van der Waals surface area contributed by atoms with Gasteiger partial charge in [-0.3, -0.25) is 14.4 Å². The second kappa shape index (κ2) is 23.2. The van der Waals surface area contributed by atoms with Crippen molar-refractivity contribution >= 4 is 17.8 Å². The molecule has 0 aliphatic heterocycles. The molecule has 0 heterocycles. The number of nitrogens with one attached hydrogen (secondary N) is 2. The lowest BCUT2D eigenvalue weighted by Gasteiger charge is -2.27. The molecule has 1 unspecified atom stereocenters. The molecule has 216 valence electrons. The molecule has 0 saturated heterocycles. The van der Waals surface area contributed by atoms with Gasteiger partial charge in [0.05, 0.1) is 19.6 Å². The fraction of sp³-hybridized carbons (Fsp3) is 0.828. The Morgan fingerprint density at radius 1 is 0.811 bits per heavy atom. The number of hydrogen-bond acceptors (Lipinski definition) is 6. The number of carbonyl (C=O) groups is 3. The molecule has 37 heavy (non-hydrogen) atoms. The van der Waals surface area contributed by atoms with Crippen LogP contribution < -0.4 is 10.6 Å². The highest BCUT2D eigenvalue weighted by atomic mass is 16.5. The van der Waals surface area contributed by atoms with Crippen molar-refractivity contribution in [1.82, 2.24) is 10.6 Å². The van der Waals surface area contributed by atoms with Crippen LogP contribution in [0.15, 0.2) is 12.2 Å². The highest BCUT2D eigenvalue weighted by Gasteiger charge is 2.32. The molecule has 0 bridgehead atoms. The topological polar surface area (TPSA) is 125 Å². The molecule has 0 aromatic rings. The van der Waals surface area contributed by atoms with Crippen LogP contribution in [0, 0.1) is 5.41 Å². The molecule has 0 spiro atoms. The van der Waals surface area contributed by atoms with Gasteiger partial charge in [0, 0.05) is 18.4 Å². The molecule has 0 aliphatic rings. The van der Waals surface area contributed by atoms with E-state index in [2.05, 4.69) is 29.7 Å². The molecule has 0 aliphatic carbocycles. The molecular formula is C29H54N2O6. The summed E-state index contributed by atoms with van der Waals surface area (Å²) in [5.74, 6) is -1.18. The highest BCUT2D eigenvalue weighted by molar-refractivity contribution is 5.82. The van der Waals surface area contributed by atoms with Crippen LogP contribution in [0.25, 0.3) is 0 Å². The summed E-state index contributed by atoms with van der Waals surface area (Å²) in [7, 11) is 0. The predicted octanol–water partition coefficient (Wildman–Crippen LogP) is 4.57. The smallest absolute Gasteiger partial charge is 0.307 e. The fourth-order valence-corrected chi connectivity index (χ4v) is 3.70. The van der Waals surface area contributed by atoms with Gasteiger partial charge in [-0.05, 0) is 32.1 Å². The maximum Gasteiger partial charge on any atom is 0.307 e. The number of esters is 1. The van der Waals surface area contributed by atoms with Crippen molar-refractivity contribution in [3.8, 4) is 0 Å². The van der Waals surface area contributed by atoms with Crippen LogP contribution in [0.4, 0.5) is 0 Å². The molecule has 0 fully saturated rings. The lowest BCUT2D eigenvalue weighted by molar-refractivity contribution is -0.144. The number of unbranched alkanes of at least 4 members (excludes halogenated alkanes) is 11. The number of carbonyl (C=O) groups excluding carboxylic acids is 3. The van der Waals surface area contributed by atoms with Crippen LogP contribution in [0.1, 0.15) is 117 Å². The van der Waals surface area contributed by atoms with Gasteiger partial charge in [0.15, 0.2) is 0 Å². The van der Waals surface area contributed by atoms with Gasteiger partial charge in [-0.2, -0.15) is 0 Å². The van der Waals surface area contributed by atoms with E-state index in [0.29, 0.717) is 6.42 Å². The van der Waals surface area contributed by atoms with Crippen LogP contribution in [-0.2, 0) is 19.1 Å². The van der Waals surface area contributed by atoms with E-state index < -0.39 is 23.4 Å². The average molecular weight is 527 g/mol. The van der Waals surface area contributed by atoms with Gasteiger partial charge in [0.1, 0.15) is 12.7 Å². The Morgan fingerprint density at radius 3 is 1.97 bits per heavy atom. The Hall–Kier alpha value is -1.93. The molecule has 4 N–H and O–H groups in total. The molecule has 1 atom stereocenters. The van der Waals surface area contributed by atoms with Crippen molar-refractivity contribution in [2.24, 2.45) is 5.41 Å². The summed E-state index contributed by atoms with van der Waals surface area (Å²) < 4.78 is 5.04. The Balaban J connectivity index is 3.54. The van der Waals surface area contributed by atoms with E-state index in [0.717, 1.165) is 25.7 Å². The summed E-state index contributed by atoms with van der Waals surface area (Å²) in [6.07, 6.45) is 19.6. The van der Waals surface area contributed by atoms with Gasteiger partial charge < -0.3 is 25.6 Å². The number of allylic oxidation sites excluding steroid dienone is 2. The summed E-state index contributed by atoms with van der Waals surface area (Å²) in [5.41, 5.74) is -0.965. The van der Waals surface area contributed by atoms with E-state index in [-0.39, 0.29) is 38.6 Å². The van der Waals surface area contributed by atoms with Crippen LogP contribution >= 0.6 is 0 Å². The third-order valence-corrected chi connectivity index (χ3v) is 6.38. The summed E-state index contributed by atoms with van der Waals surface area (Å²) >= 11 is 0. The monoisotopic (exact) mass is 526 g/mol. The largest absolute Gasteiger partial charge is 0.464 e. The minimum Gasteiger partial charge on any atom is -0.464 e. The Kier molecular flexibility index (Phi) is 22.0. The van der Waals surface area contributed by atoms with Gasteiger partial charge in [-0.15, -0.1) is 0 Å². The number of hydrogen-bond donors (Lipinski definition) is 4. The standard InChI is InChI=1S/C29H54N2O6/c1-4-5-6-7-8-9-10-11-12-13-14-15-16-17-18-19-25(33)30-22-23-37-26(34)20-21-31-28(36)27(35)29(2,3)24-32/h11-12,27,32,35H,4-10,13-24H2,1-3H3,(H,30,33)(H,31,36)/b12-11-. The summed E-state index contributed by atoms with van der Waals surface area (Å²) in [6.45, 7) is 5.40. The van der Waals surface area contributed by atoms with Gasteiger partial charge in [0.25, 0.3) is 0 Å².